The van der Waals surface area contributed by atoms with Gasteiger partial charge in [-0.05, 0) is 23.8 Å². The van der Waals surface area contributed by atoms with Crippen LogP contribution in [0, 0.1) is 17.5 Å². The molecule has 21 heavy (non-hydrogen) atoms. The third kappa shape index (κ3) is 3.06. The zero-order valence-electron chi connectivity index (χ0n) is 10.9. The summed E-state index contributed by atoms with van der Waals surface area (Å²) in [6, 6.07) is 4.53. The van der Waals surface area contributed by atoms with E-state index in [-0.39, 0.29) is 6.54 Å². The number of hydrogen-bond donors (Lipinski definition) is 0. The number of sulfonamides is 1. The van der Waals surface area contributed by atoms with Gasteiger partial charge in [0.25, 0.3) is 0 Å². The second kappa shape index (κ2) is 5.82. The largest absolute Gasteiger partial charge is 0.264 e. The van der Waals surface area contributed by atoms with Gasteiger partial charge in [0.2, 0.25) is 10.0 Å². The van der Waals surface area contributed by atoms with Crippen LogP contribution < -0.4 is 0 Å². The lowest BCUT2D eigenvalue weighted by Crippen LogP contribution is -2.27. The van der Waals surface area contributed by atoms with Crippen molar-refractivity contribution in [2.45, 2.75) is 11.4 Å². The Bertz CT molecular complexity index is 752. The molecule has 0 unspecified atom stereocenters. The molecule has 0 aliphatic carbocycles. The first-order valence-electron chi connectivity index (χ1n) is 5.83. The minimum Gasteiger partial charge on any atom is -0.264 e. The highest BCUT2D eigenvalue weighted by molar-refractivity contribution is 7.89. The van der Waals surface area contributed by atoms with Gasteiger partial charge in [0, 0.05) is 26.0 Å². The molecule has 2 rings (SSSR count). The van der Waals surface area contributed by atoms with Crippen molar-refractivity contribution in [1.29, 1.82) is 0 Å². The monoisotopic (exact) mass is 316 g/mol. The normalized spacial score (nSPS) is 11.9. The van der Waals surface area contributed by atoms with Crippen molar-refractivity contribution in [2.24, 2.45) is 0 Å². The molecule has 0 radical (unpaired) electrons. The van der Waals surface area contributed by atoms with Crippen LogP contribution in [0.1, 0.15) is 5.56 Å². The first-order chi connectivity index (χ1) is 9.84. The van der Waals surface area contributed by atoms with E-state index in [1.807, 2.05) is 0 Å². The minimum absolute atomic E-state index is 0.0748. The summed E-state index contributed by atoms with van der Waals surface area (Å²) in [6.45, 7) is -0.0748. The maximum atomic E-state index is 13.6. The zero-order chi connectivity index (χ0) is 15.6. The molecule has 0 atom stereocenters. The number of halogens is 3. The molecule has 0 aliphatic rings. The third-order valence-corrected chi connectivity index (χ3v) is 4.64. The molecule has 4 nitrogen and oxygen atoms in total. The Labute approximate surface area is 119 Å². The molecule has 0 spiro atoms. The summed E-state index contributed by atoms with van der Waals surface area (Å²) >= 11 is 0. The Balaban J connectivity index is 2.36. The average Bonchev–Trinajstić information content (AvgIpc) is 2.45. The van der Waals surface area contributed by atoms with Crippen molar-refractivity contribution >= 4 is 10.0 Å². The topological polar surface area (TPSA) is 50.3 Å². The second-order valence-corrected chi connectivity index (χ2v) is 6.31. The van der Waals surface area contributed by atoms with Crippen molar-refractivity contribution < 1.29 is 21.6 Å². The molecule has 8 heteroatoms. The average molecular weight is 316 g/mol. The van der Waals surface area contributed by atoms with Crippen LogP contribution in [0.4, 0.5) is 13.2 Å². The molecule has 0 saturated carbocycles. The van der Waals surface area contributed by atoms with E-state index in [1.54, 1.807) is 12.1 Å². The second-order valence-electron chi connectivity index (χ2n) is 4.30. The number of aromatic nitrogens is 1. The summed E-state index contributed by atoms with van der Waals surface area (Å²) in [5.74, 6) is -4.99. The molecule has 0 fully saturated rings. The Morgan fingerprint density at radius 2 is 1.86 bits per heavy atom. The van der Waals surface area contributed by atoms with Gasteiger partial charge in [-0.3, -0.25) is 4.98 Å². The van der Waals surface area contributed by atoms with E-state index >= 15 is 0 Å². The van der Waals surface area contributed by atoms with E-state index in [2.05, 4.69) is 4.98 Å². The van der Waals surface area contributed by atoms with E-state index in [4.69, 9.17) is 0 Å². The summed E-state index contributed by atoms with van der Waals surface area (Å²) in [5.41, 5.74) is 0.576. The van der Waals surface area contributed by atoms with Gasteiger partial charge in [-0.2, -0.15) is 4.31 Å². The Hall–Kier alpha value is -1.93. The van der Waals surface area contributed by atoms with Crippen LogP contribution in [-0.4, -0.2) is 24.8 Å². The lowest BCUT2D eigenvalue weighted by molar-refractivity contribution is 0.421. The summed E-state index contributed by atoms with van der Waals surface area (Å²) in [4.78, 5) is 2.92. The van der Waals surface area contributed by atoms with Crippen LogP contribution in [-0.2, 0) is 16.6 Å². The molecular formula is C13H11F3N2O2S. The first-order valence-corrected chi connectivity index (χ1v) is 7.27. The molecule has 0 amide bonds. The third-order valence-electron chi connectivity index (χ3n) is 2.82. The lowest BCUT2D eigenvalue weighted by atomic mass is 10.3. The van der Waals surface area contributed by atoms with Gasteiger partial charge < -0.3 is 0 Å². The van der Waals surface area contributed by atoms with Crippen LogP contribution in [0.3, 0.4) is 0 Å². The van der Waals surface area contributed by atoms with Crippen LogP contribution in [0.25, 0.3) is 0 Å². The van der Waals surface area contributed by atoms with E-state index < -0.39 is 32.4 Å². The smallest absolute Gasteiger partial charge is 0.246 e. The van der Waals surface area contributed by atoms with Gasteiger partial charge >= 0.3 is 0 Å². The van der Waals surface area contributed by atoms with Crippen molar-refractivity contribution in [1.82, 2.24) is 9.29 Å². The fourth-order valence-corrected chi connectivity index (χ4v) is 2.92. The van der Waals surface area contributed by atoms with Crippen LogP contribution in [0.2, 0.25) is 0 Å². The van der Waals surface area contributed by atoms with Crippen LogP contribution in [0.15, 0.2) is 41.6 Å². The van der Waals surface area contributed by atoms with Crippen LogP contribution in [0.5, 0.6) is 0 Å². The standard InChI is InChI=1S/C13H11F3N2O2S/c1-18(8-9-3-2-6-17-7-9)21(19,20)11-5-4-10(14)12(15)13(11)16/h2-7H,8H2,1H3. The molecule has 1 heterocycles. The van der Waals surface area contributed by atoms with Crippen LogP contribution >= 0.6 is 0 Å². The fourth-order valence-electron chi connectivity index (χ4n) is 1.71. The van der Waals surface area contributed by atoms with Gasteiger partial charge in [-0.1, -0.05) is 6.07 Å². The van der Waals surface area contributed by atoms with Crippen molar-refractivity contribution in [3.8, 4) is 0 Å². The van der Waals surface area contributed by atoms with Gasteiger partial charge in [0.05, 0.1) is 0 Å². The summed E-state index contributed by atoms with van der Waals surface area (Å²) in [5, 5.41) is 0. The van der Waals surface area contributed by atoms with Gasteiger partial charge in [-0.25, -0.2) is 21.6 Å². The number of pyridine rings is 1. The number of hydrogen-bond acceptors (Lipinski definition) is 3. The summed E-state index contributed by atoms with van der Waals surface area (Å²) in [7, 11) is -3.07. The lowest BCUT2D eigenvalue weighted by Gasteiger charge is -2.17. The summed E-state index contributed by atoms with van der Waals surface area (Å²) < 4.78 is 64.9. The summed E-state index contributed by atoms with van der Waals surface area (Å²) in [6.07, 6.45) is 2.97. The predicted octanol–water partition coefficient (Wildman–Crippen LogP) is 2.32. The highest BCUT2D eigenvalue weighted by Crippen LogP contribution is 2.23. The Kier molecular flexibility index (Phi) is 4.29. The predicted molar refractivity (Wildman–Crippen MR) is 69.2 cm³/mol. The maximum Gasteiger partial charge on any atom is 0.246 e. The molecule has 2 aromatic rings. The van der Waals surface area contributed by atoms with E-state index in [0.717, 1.165) is 4.31 Å². The number of benzene rings is 1. The Morgan fingerprint density at radius 1 is 1.14 bits per heavy atom. The van der Waals surface area contributed by atoms with Gasteiger partial charge in [0.15, 0.2) is 17.5 Å². The first kappa shape index (κ1) is 15.5. The fraction of sp³-hybridized carbons (Fsp3) is 0.154. The highest BCUT2D eigenvalue weighted by Gasteiger charge is 2.27. The van der Waals surface area contributed by atoms with E-state index in [1.165, 1.54) is 19.4 Å². The SMILES string of the molecule is CN(Cc1cccnc1)S(=O)(=O)c1ccc(F)c(F)c1F. The van der Waals surface area contributed by atoms with Crippen molar-refractivity contribution in [3.05, 3.63) is 59.7 Å². The highest BCUT2D eigenvalue weighted by atomic mass is 32.2. The number of nitrogens with zero attached hydrogens (tertiary/aromatic N) is 2. The molecule has 0 N–H and O–H groups in total. The molecule has 1 aromatic carbocycles. The molecule has 0 aliphatic heterocycles. The number of rotatable bonds is 4. The molecule has 0 saturated heterocycles. The molecule has 112 valence electrons. The van der Waals surface area contributed by atoms with E-state index in [9.17, 15) is 21.6 Å². The van der Waals surface area contributed by atoms with Gasteiger partial charge in [0.1, 0.15) is 4.90 Å². The molecule has 1 aromatic heterocycles. The minimum atomic E-state index is -4.28. The van der Waals surface area contributed by atoms with Crippen molar-refractivity contribution in [3.63, 3.8) is 0 Å². The van der Waals surface area contributed by atoms with Crippen molar-refractivity contribution in [2.75, 3.05) is 7.05 Å². The quantitative estimate of drug-likeness (QED) is 0.814. The van der Waals surface area contributed by atoms with Gasteiger partial charge in [-0.15, -0.1) is 0 Å². The maximum absolute atomic E-state index is 13.6. The molecular weight excluding hydrogens is 305 g/mol. The Morgan fingerprint density at radius 3 is 2.48 bits per heavy atom. The zero-order valence-corrected chi connectivity index (χ0v) is 11.7. The van der Waals surface area contributed by atoms with E-state index in [0.29, 0.717) is 17.7 Å². The molecule has 0 bridgehead atoms.